The van der Waals surface area contributed by atoms with Crippen LogP contribution in [0.15, 0.2) is 48.5 Å². The minimum absolute atomic E-state index is 0.0628. The van der Waals surface area contributed by atoms with Gasteiger partial charge >= 0.3 is 0 Å². The number of benzene rings is 2. The van der Waals surface area contributed by atoms with Crippen LogP contribution < -0.4 is 5.32 Å². The number of aliphatic hydroxyl groups is 1. The van der Waals surface area contributed by atoms with Gasteiger partial charge in [0.15, 0.2) is 0 Å². The maximum absolute atomic E-state index is 12.4. The van der Waals surface area contributed by atoms with Crippen molar-refractivity contribution < 1.29 is 9.90 Å². The summed E-state index contributed by atoms with van der Waals surface area (Å²) in [4.78, 5) is 14.3. The first-order valence-corrected chi connectivity index (χ1v) is 8.95. The van der Waals surface area contributed by atoms with E-state index in [4.69, 9.17) is 0 Å². The number of hydrogen-bond donors (Lipinski definition) is 2. The third-order valence-corrected chi connectivity index (χ3v) is 4.85. The highest BCUT2D eigenvalue weighted by Gasteiger charge is 2.22. The third kappa shape index (κ3) is 4.47. The Morgan fingerprint density at radius 2 is 1.88 bits per heavy atom. The van der Waals surface area contributed by atoms with Gasteiger partial charge in [-0.2, -0.15) is 0 Å². The number of carbonyl (C=O) groups is 1. The molecule has 1 amide bonds. The number of hydrogen-bond acceptors (Lipinski definition) is 3. The Bertz CT molecular complexity index is 704. The molecule has 2 N–H and O–H groups in total. The fourth-order valence-electron chi connectivity index (χ4n) is 3.30. The average Bonchev–Trinajstić information content (AvgIpc) is 3.09. The molecule has 3 rings (SSSR count). The van der Waals surface area contributed by atoms with Gasteiger partial charge in [0.25, 0.3) is 0 Å². The molecule has 1 aliphatic rings. The smallest absolute Gasteiger partial charge is 0.223 e. The molecular formula is C21H26N2O2. The van der Waals surface area contributed by atoms with Crippen molar-refractivity contribution in [3.63, 3.8) is 0 Å². The quantitative estimate of drug-likeness (QED) is 0.763. The van der Waals surface area contributed by atoms with Crippen LogP contribution in [0.3, 0.4) is 0 Å². The molecule has 0 radical (unpaired) electrons. The van der Waals surface area contributed by atoms with Crippen LogP contribution in [0.5, 0.6) is 0 Å². The topological polar surface area (TPSA) is 52.6 Å². The molecule has 132 valence electrons. The molecule has 0 aliphatic carbocycles. The van der Waals surface area contributed by atoms with Crippen molar-refractivity contribution in [2.75, 3.05) is 6.54 Å². The molecule has 0 saturated carbocycles. The van der Waals surface area contributed by atoms with Crippen molar-refractivity contribution in [2.24, 2.45) is 0 Å². The van der Waals surface area contributed by atoms with Gasteiger partial charge < -0.3 is 15.3 Å². The van der Waals surface area contributed by atoms with Gasteiger partial charge in [-0.05, 0) is 42.1 Å². The van der Waals surface area contributed by atoms with Crippen molar-refractivity contribution in [1.29, 1.82) is 0 Å². The monoisotopic (exact) mass is 338 g/mol. The van der Waals surface area contributed by atoms with Gasteiger partial charge in [-0.15, -0.1) is 0 Å². The lowest BCUT2D eigenvalue weighted by Gasteiger charge is -2.17. The van der Waals surface area contributed by atoms with E-state index in [0.717, 1.165) is 37.2 Å². The highest BCUT2D eigenvalue weighted by atomic mass is 16.3. The van der Waals surface area contributed by atoms with Crippen LogP contribution in [-0.2, 0) is 24.5 Å². The largest absolute Gasteiger partial charge is 0.392 e. The molecule has 0 fully saturated rings. The van der Waals surface area contributed by atoms with Gasteiger partial charge in [-0.1, -0.05) is 48.5 Å². The molecule has 1 heterocycles. The fraction of sp³-hybridized carbons (Fsp3) is 0.381. The van der Waals surface area contributed by atoms with Crippen LogP contribution in [0.1, 0.15) is 48.1 Å². The molecule has 2 aromatic carbocycles. The van der Waals surface area contributed by atoms with Crippen LogP contribution in [0.25, 0.3) is 0 Å². The Kier molecular flexibility index (Phi) is 5.84. The minimum Gasteiger partial charge on any atom is -0.392 e. The van der Waals surface area contributed by atoms with Gasteiger partial charge in [0.05, 0.1) is 6.61 Å². The summed E-state index contributed by atoms with van der Waals surface area (Å²) in [5, 5.41) is 12.7. The second-order valence-electron chi connectivity index (χ2n) is 6.70. The second kappa shape index (κ2) is 8.28. The Labute approximate surface area is 149 Å². The second-order valence-corrected chi connectivity index (χ2v) is 6.70. The van der Waals surface area contributed by atoms with E-state index in [0.29, 0.717) is 6.42 Å². The summed E-state index contributed by atoms with van der Waals surface area (Å²) in [6, 6.07) is 16.4. The summed E-state index contributed by atoms with van der Waals surface area (Å²) in [5.41, 5.74) is 4.63. The molecular weight excluding hydrogens is 312 g/mol. The van der Waals surface area contributed by atoms with Crippen molar-refractivity contribution in [1.82, 2.24) is 10.2 Å². The molecule has 4 heteroatoms. The van der Waals surface area contributed by atoms with Crippen LogP contribution in [-0.4, -0.2) is 22.5 Å². The zero-order valence-corrected chi connectivity index (χ0v) is 14.7. The van der Waals surface area contributed by atoms with Crippen molar-refractivity contribution in [3.8, 4) is 0 Å². The maximum Gasteiger partial charge on any atom is 0.223 e. The summed E-state index contributed by atoms with van der Waals surface area (Å²) in [6.45, 7) is 4.46. The number of amides is 1. The normalized spacial score (nSPS) is 14.4. The summed E-state index contributed by atoms with van der Waals surface area (Å²) >= 11 is 0. The van der Waals surface area contributed by atoms with Gasteiger partial charge in [0, 0.05) is 25.6 Å². The zero-order chi connectivity index (χ0) is 17.6. The first kappa shape index (κ1) is 17.6. The first-order chi connectivity index (χ1) is 12.2. The Hall–Kier alpha value is -2.17. The van der Waals surface area contributed by atoms with Gasteiger partial charge in [-0.3, -0.25) is 4.79 Å². The molecule has 2 aromatic rings. The van der Waals surface area contributed by atoms with E-state index in [2.05, 4.69) is 30.4 Å². The molecule has 1 aliphatic heterocycles. The van der Waals surface area contributed by atoms with E-state index in [1.807, 2.05) is 35.2 Å². The molecule has 1 unspecified atom stereocenters. The Morgan fingerprint density at radius 1 is 1.16 bits per heavy atom. The van der Waals surface area contributed by atoms with E-state index < -0.39 is 0 Å². The minimum atomic E-state index is 0.0628. The predicted molar refractivity (Wildman–Crippen MR) is 98.7 cm³/mol. The predicted octanol–water partition coefficient (Wildman–Crippen LogP) is 3.15. The SMILES string of the molecule is CC(NCCCC(=O)N1Cc2ccccc2C1)c1cccc(CO)c1. The number of carbonyl (C=O) groups excluding carboxylic acids is 1. The molecule has 1 atom stereocenters. The highest BCUT2D eigenvalue weighted by molar-refractivity contribution is 5.76. The van der Waals surface area contributed by atoms with E-state index in [1.54, 1.807) is 0 Å². The maximum atomic E-state index is 12.4. The molecule has 0 spiro atoms. The molecule has 0 saturated heterocycles. The van der Waals surface area contributed by atoms with E-state index in [-0.39, 0.29) is 18.6 Å². The zero-order valence-electron chi connectivity index (χ0n) is 14.7. The van der Waals surface area contributed by atoms with Crippen molar-refractivity contribution in [2.45, 2.75) is 45.5 Å². The molecule has 25 heavy (non-hydrogen) atoms. The van der Waals surface area contributed by atoms with Gasteiger partial charge in [0.1, 0.15) is 0 Å². The van der Waals surface area contributed by atoms with E-state index in [1.165, 1.54) is 11.1 Å². The third-order valence-electron chi connectivity index (χ3n) is 4.85. The summed E-state index contributed by atoms with van der Waals surface area (Å²) < 4.78 is 0. The van der Waals surface area contributed by atoms with Crippen LogP contribution in [0.4, 0.5) is 0 Å². The Balaban J connectivity index is 1.40. The summed E-state index contributed by atoms with van der Waals surface area (Å²) in [6.07, 6.45) is 1.40. The molecule has 4 nitrogen and oxygen atoms in total. The van der Waals surface area contributed by atoms with Crippen LogP contribution in [0, 0.1) is 0 Å². The summed E-state index contributed by atoms with van der Waals surface area (Å²) in [5.74, 6) is 0.230. The number of rotatable bonds is 7. The fourth-order valence-corrected chi connectivity index (χ4v) is 3.30. The highest BCUT2D eigenvalue weighted by Crippen LogP contribution is 2.23. The lowest BCUT2D eigenvalue weighted by atomic mass is 10.1. The molecule has 0 aromatic heterocycles. The average molecular weight is 338 g/mol. The lowest BCUT2D eigenvalue weighted by molar-refractivity contribution is -0.131. The first-order valence-electron chi connectivity index (χ1n) is 8.95. The Morgan fingerprint density at radius 3 is 2.56 bits per heavy atom. The summed E-state index contributed by atoms with van der Waals surface area (Å²) in [7, 11) is 0. The van der Waals surface area contributed by atoms with Crippen LogP contribution >= 0.6 is 0 Å². The number of nitrogens with one attached hydrogen (secondary N) is 1. The number of fused-ring (bicyclic) bond motifs is 1. The molecule has 0 bridgehead atoms. The number of nitrogens with zero attached hydrogens (tertiary/aromatic N) is 1. The van der Waals surface area contributed by atoms with Gasteiger partial charge in [0.2, 0.25) is 5.91 Å². The van der Waals surface area contributed by atoms with Gasteiger partial charge in [-0.25, -0.2) is 0 Å². The van der Waals surface area contributed by atoms with Crippen molar-refractivity contribution >= 4 is 5.91 Å². The lowest BCUT2D eigenvalue weighted by Crippen LogP contribution is -2.27. The van der Waals surface area contributed by atoms with E-state index >= 15 is 0 Å². The van der Waals surface area contributed by atoms with Crippen molar-refractivity contribution in [3.05, 3.63) is 70.8 Å². The number of aliphatic hydroxyl groups excluding tert-OH is 1. The van der Waals surface area contributed by atoms with Crippen LogP contribution in [0.2, 0.25) is 0 Å². The van der Waals surface area contributed by atoms with E-state index in [9.17, 15) is 9.90 Å². The standard InChI is InChI=1S/C21H26N2O2/c1-16(18-9-4-6-17(12-18)15-24)22-11-5-10-21(25)23-13-19-7-2-3-8-20(19)14-23/h2-4,6-9,12,16,22,24H,5,10-11,13-15H2,1H3.